The Hall–Kier alpha value is -0.810. The summed E-state index contributed by atoms with van der Waals surface area (Å²) in [5, 5.41) is 0.00491. The molecule has 0 saturated heterocycles. The Labute approximate surface area is 83.9 Å². The minimum atomic E-state index is -4.44. The number of halogens is 4. The molecule has 0 radical (unpaired) electrons. The Morgan fingerprint density at radius 2 is 2.00 bits per heavy atom. The van der Waals surface area contributed by atoms with E-state index in [1.54, 1.807) is 0 Å². The third-order valence-electron chi connectivity index (χ3n) is 1.63. The zero-order valence-corrected chi connectivity index (χ0v) is 8.02. The van der Waals surface area contributed by atoms with Gasteiger partial charge in [-0.05, 0) is 19.1 Å². The van der Waals surface area contributed by atoms with Gasteiger partial charge in [0.05, 0.1) is 11.3 Å². The lowest BCUT2D eigenvalue weighted by molar-refractivity contribution is -0.138. The van der Waals surface area contributed by atoms with Crippen LogP contribution in [0.1, 0.15) is 24.2 Å². The number of nitrogens with two attached hydrogens (primary N) is 1. The number of alkyl halides is 3. The van der Waals surface area contributed by atoms with Crippen molar-refractivity contribution in [2.75, 3.05) is 0 Å². The summed E-state index contributed by atoms with van der Waals surface area (Å²) in [7, 11) is 0. The molecule has 2 N–H and O–H groups in total. The van der Waals surface area contributed by atoms with Gasteiger partial charge in [0.1, 0.15) is 5.15 Å². The molecule has 0 saturated carbocycles. The molecule has 1 rings (SSSR count). The minimum absolute atomic E-state index is 0.00491. The molecule has 0 aliphatic carbocycles. The Morgan fingerprint density at radius 3 is 2.43 bits per heavy atom. The van der Waals surface area contributed by atoms with Crippen LogP contribution in [-0.4, -0.2) is 4.98 Å². The summed E-state index contributed by atoms with van der Waals surface area (Å²) < 4.78 is 37.2. The van der Waals surface area contributed by atoms with Gasteiger partial charge in [-0.25, -0.2) is 4.98 Å². The number of hydrogen-bond donors (Lipinski definition) is 1. The third-order valence-corrected chi connectivity index (χ3v) is 1.84. The van der Waals surface area contributed by atoms with Gasteiger partial charge in [-0.1, -0.05) is 11.6 Å². The largest absolute Gasteiger partial charge is 0.418 e. The molecule has 0 amide bonds. The van der Waals surface area contributed by atoms with E-state index in [0.29, 0.717) is 0 Å². The van der Waals surface area contributed by atoms with Crippen molar-refractivity contribution in [3.05, 3.63) is 28.5 Å². The van der Waals surface area contributed by atoms with Gasteiger partial charge in [-0.3, -0.25) is 0 Å². The zero-order valence-electron chi connectivity index (χ0n) is 7.27. The Balaban J connectivity index is 3.29. The SMILES string of the molecule is C[C@H](N)c1nc(Cl)ccc1C(F)(F)F. The van der Waals surface area contributed by atoms with E-state index in [1.165, 1.54) is 6.92 Å². The lowest BCUT2D eigenvalue weighted by atomic mass is 10.1. The lowest BCUT2D eigenvalue weighted by Gasteiger charge is -2.14. The second kappa shape index (κ2) is 3.74. The summed E-state index contributed by atoms with van der Waals surface area (Å²) in [6.07, 6.45) is -4.44. The van der Waals surface area contributed by atoms with E-state index in [4.69, 9.17) is 17.3 Å². The molecule has 2 nitrogen and oxygen atoms in total. The predicted octanol–water partition coefficient (Wildman–Crippen LogP) is 2.77. The molecule has 78 valence electrons. The second-order valence-electron chi connectivity index (χ2n) is 2.85. The van der Waals surface area contributed by atoms with Gasteiger partial charge in [0.2, 0.25) is 0 Å². The van der Waals surface area contributed by atoms with Crippen LogP contribution in [0.15, 0.2) is 12.1 Å². The monoisotopic (exact) mass is 224 g/mol. The summed E-state index contributed by atoms with van der Waals surface area (Å²) in [4.78, 5) is 3.56. The molecule has 1 heterocycles. The second-order valence-corrected chi connectivity index (χ2v) is 3.24. The molecule has 6 heteroatoms. The van der Waals surface area contributed by atoms with Crippen LogP contribution in [0.2, 0.25) is 5.15 Å². The van der Waals surface area contributed by atoms with E-state index in [-0.39, 0.29) is 10.8 Å². The van der Waals surface area contributed by atoms with Gasteiger partial charge in [0, 0.05) is 6.04 Å². The smallest absolute Gasteiger partial charge is 0.323 e. The molecule has 0 aromatic carbocycles. The molecule has 0 bridgehead atoms. The highest BCUT2D eigenvalue weighted by molar-refractivity contribution is 6.29. The number of rotatable bonds is 1. The first kappa shape index (κ1) is 11.3. The van der Waals surface area contributed by atoms with Crippen molar-refractivity contribution in [3.63, 3.8) is 0 Å². The first-order chi connectivity index (χ1) is 6.32. The van der Waals surface area contributed by atoms with E-state index in [1.807, 2.05) is 0 Å². The van der Waals surface area contributed by atoms with Gasteiger partial charge in [-0.2, -0.15) is 13.2 Å². The van der Waals surface area contributed by atoms with Gasteiger partial charge in [-0.15, -0.1) is 0 Å². The first-order valence-corrected chi connectivity index (χ1v) is 4.19. The van der Waals surface area contributed by atoms with Crippen molar-refractivity contribution < 1.29 is 13.2 Å². The highest BCUT2D eigenvalue weighted by Crippen LogP contribution is 2.33. The summed E-state index contributed by atoms with van der Waals surface area (Å²) >= 11 is 5.48. The lowest BCUT2D eigenvalue weighted by Crippen LogP contribution is -2.17. The molecular formula is C8H8ClF3N2. The van der Waals surface area contributed by atoms with Crippen LogP contribution in [-0.2, 0) is 6.18 Å². The predicted molar refractivity (Wildman–Crippen MR) is 46.9 cm³/mol. The van der Waals surface area contributed by atoms with Crippen molar-refractivity contribution in [1.82, 2.24) is 4.98 Å². The third kappa shape index (κ3) is 2.36. The van der Waals surface area contributed by atoms with E-state index >= 15 is 0 Å². The Morgan fingerprint density at radius 1 is 1.43 bits per heavy atom. The van der Waals surface area contributed by atoms with Gasteiger partial charge in [0.15, 0.2) is 0 Å². The highest BCUT2D eigenvalue weighted by atomic mass is 35.5. The summed E-state index contributed by atoms with van der Waals surface area (Å²) in [5.41, 5.74) is 4.29. The van der Waals surface area contributed by atoms with E-state index in [9.17, 15) is 13.2 Å². The van der Waals surface area contributed by atoms with Crippen molar-refractivity contribution in [3.8, 4) is 0 Å². The Bertz CT molecular complexity index is 336. The van der Waals surface area contributed by atoms with Crippen LogP contribution in [0, 0.1) is 0 Å². The summed E-state index contributed by atoms with van der Waals surface area (Å²) in [6, 6.07) is 1.18. The van der Waals surface area contributed by atoms with E-state index in [2.05, 4.69) is 4.98 Å². The van der Waals surface area contributed by atoms with Crippen LogP contribution >= 0.6 is 11.6 Å². The molecule has 1 aromatic rings. The molecule has 0 fully saturated rings. The number of aromatic nitrogens is 1. The maximum Gasteiger partial charge on any atom is 0.418 e. The minimum Gasteiger partial charge on any atom is -0.323 e. The summed E-state index contributed by atoms with van der Waals surface area (Å²) in [5.74, 6) is 0. The normalized spacial score (nSPS) is 14.1. The quantitative estimate of drug-likeness (QED) is 0.745. The van der Waals surface area contributed by atoms with Crippen molar-refractivity contribution >= 4 is 11.6 Å². The fourth-order valence-electron chi connectivity index (χ4n) is 1.04. The number of nitrogens with zero attached hydrogens (tertiary/aromatic N) is 1. The average molecular weight is 225 g/mol. The molecule has 1 aromatic heterocycles. The highest BCUT2D eigenvalue weighted by Gasteiger charge is 2.34. The molecule has 0 aliphatic heterocycles. The molecule has 0 aliphatic rings. The maximum absolute atomic E-state index is 12.4. The average Bonchev–Trinajstić information content (AvgIpc) is 2.01. The van der Waals surface area contributed by atoms with Crippen LogP contribution in [0.5, 0.6) is 0 Å². The maximum atomic E-state index is 12.4. The molecule has 0 spiro atoms. The van der Waals surface area contributed by atoms with Gasteiger partial charge >= 0.3 is 6.18 Å². The zero-order chi connectivity index (χ0) is 10.9. The van der Waals surface area contributed by atoms with Crippen LogP contribution in [0.3, 0.4) is 0 Å². The van der Waals surface area contributed by atoms with Crippen LogP contribution < -0.4 is 5.73 Å². The topological polar surface area (TPSA) is 38.9 Å². The fraction of sp³-hybridized carbons (Fsp3) is 0.375. The molecule has 1 atom stereocenters. The first-order valence-electron chi connectivity index (χ1n) is 3.81. The molecule has 14 heavy (non-hydrogen) atoms. The number of pyridine rings is 1. The Kier molecular flexibility index (Phi) is 3.01. The van der Waals surface area contributed by atoms with Crippen LogP contribution in [0.4, 0.5) is 13.2 Å². The van der Waals surface area contributed by atoms with E-state index in [0.717, 1.165) is 12.1 Å². The van der Waals surface area contributed by atoms with Crippen molar-refractivity contribution in [2.24, 2.45) is 5.73 Å². The van der Waals surface area contributed by atoms with Crippen LogP contribution in [0.25, 0.3) is 0 Å². The fourth-order valence-corrected chi connectivity index (χ4v) is 1.19. The number of hydrogen-bond acceptors (Lipinski definition) is 2. The van der Waals surface area contributed by atoms with Gasteiger partial charge < -0.3 is 5.73 Å². The van der Waals surface area contributed by atoms with Gasteiger partial charge in [0.25, 0.3) is 0 Å². The molecular weight excluding hydrogens is 217 g/mol. The standard InChI is InChI=1S/C8H8ClF3N2/c1-4(13)7-5(8(10,11)12)2-3-6(9)14-7/h2-4H,13H2,1H3/t4-/m0/s1. The molecule has 0 unspecified atom stereocenters. The summed E-state index contributed by atoms with van der Waals surface area (Å²) in [6.45, 7) is 1.42. The van der Waals surface area contributed by atoms with Crippen molar-refractivity contribution in [1.29, 1.82) is 0 Å². The van der Waals surface area contributed by atoms with E-state index < -0.39 is 17.8 Å². The van der Waals surface area contributed by atoms with Crippen molar-refractivity contribution in [2.45, 2.75) is 19.1 Å².